The highest BCUT2D eigenvalue weighted by molar-refractivity contribution is 9.10. The molecule has 0 aliphatic rings. The zero-order valence-corrected chi connectivity index (χ0v) is 19.8. The number of halogens is 3. The average molecular weight is 546 g/mol. The molecule has 3 aromatic carbocycles. The van der Waals surface area contributed by atoms with Gasteiger partial charge in [0.05, 0.1) is 15.6 Å². The summed E-state index contributed by atoms with van der Waals surface area (Å²) in [5.74, 6) is -2.34. The molecule has 4 rings (SSSR count). The predicted molar refractivity (Wildman–Crippen MR) is 133 cm³/mol. The maximum Gasteiger partial charge on any atom is 0.328 e. The van der Waals surface area contributed by atoms with Gasteiger partial charge in [-0.3, -0.25) is 19.8 Å². The van der Waals surface area contributed by atoms with E-state index in [1.54, 1.807) is 66.7 Å². The van der Waals surface area contributed by atoms with Gasteiger partial charge in [-0.25, -0.2) is 4.68 Å². The molecule has 0 atom stereocenters. The average Bonchev–Trinajstić information content (AvgIpc) is 3.14. The Labute approximate surface area is 206 Å². The van der Waals surface area contributed by atoms with Crippen LogP contribution in [-0.2, 0) is 9.59 Å². The first-order valence-electron chi connectivity index (χ1n) is 9.56. The lowest BCUT2D eigenvalue weighted by atomic mass is 10.2. The summed E-state index contributed by atoms with van der Waals surface area (Å²) in [4.78, 5) is 38.1. The summed E-state index contributed by atoms with van der Waals surface area (Å²) >= 11 is 15.4. The number of nitrogens with zero attached hydrogens (tertiary/aromatic N) is 1. The Bertz CT molecular complexity index is 1390. The largest absolute Gasteiger partial charge is 0.328 e. The van der Waals surface area contributed by atoms with E-state index >= 15 is 0 Å². The van der Waals surface area contributed by atoms with E-state index in [0.717, 1.165) is 4.47 Å². The molecule has 0 unspecified atom stereocenters. The van der Waals surface area contributed by atoms with E-state index in [1.807, 2.05) is 0 Å². The highest BCUT2D eigenvalue weighted by Gasteiger charge is 2.21. The van der Waals surface area contributed by atoms with E-state index in [-0.39, 0.29) is 10.7 Å². The molecule has 0 radical (unpaired) electrons. The minimum Gasteiger partial charge on any atom is -0.321 e. The number of rotatable bonds is 4. The van der Waals surface area contributed by atoms with Crippen LogP contribution in [0.1, 0.15) is 10.5 Å². The van der Waals surface area contributed by atoms with E-state index in [9.17, 15) is 14.4 Å². The van der Waals surface area contributed by atoms with Crippen molar-refractivity contribution in [2.24, 2.45) is 0 Å². The number of anilines is 2. The van der Waals surface area contributed by atoms with Gasteiger partial charge in [0, 0.05) is 21.2 Å². The molecule has 0 bridgehead atoms. The molecule has 0 saturated carbocycles. The molecule has 0 aliphatic heterocycles. The third-order valence-electron chi connectivity index (χ3n) is 4.62. The van der Waals surface area contributed by atoms with Crippen LogP contribution in [0.3, 0.4) is 0 Å². The van der Waals surface area contributed by atoms with Crippen LogP contribution in [0.4, 0.5) is 11.4 Å². The molecule has 7 nitrogen and oxygen atoms in total. The molecule has 3 amide bonds. The van der Waals surface area contributed by atoms with E-state index in [1.165, 1.54) is 10.7 Å². The van der Waals surface area contributed by atoms with Crippen LogP contribution in [-0.4, -0.2) is 22.4 Å². The topological polar surface area (TPSA) is 92.2 Å². The van der Waals surface area contributed by atoms with Gasteiger partial charge in [-0.1, -0.05) is 57.3 Å². The smallest absolute Gasteiger partial charge is 0.321 e. The quantitative estimate of drug-likeness (QED) is 0.288. The lowest BCUT2D eigenvalue weighted by Crippen LogP contribution is -2.36. The van der Waals surface area contributed by atoms with E-state index in [2.05, 4.69) is 32.0 Å². The van der Waals surface area contributed by atoms with Gasteiger partial charge in [0.15, 0.2) is 0 Å². The third kappa shape index (κ3) is 5.19. The van der Waals surface area contributed by atoms with Crippen LogP contribution in [0.2, 0.25) is 10.0 Å². The van der Waals surface area contributed by atoms with Crippen molar-refractivity contribution in [2.75, 3.05) is 16.1 Å². The zero-order valence-electron chi connectivity index (χ0n) is 16.7. The predicted octanol–water partition coefficient (Wildman–Crippen LogP) is 5.67. The van der Waals surface area contributed by atoms with Crippen molar-refractivity contribution in [1.29, 1.82) is 0 Å². The fourth-order valence-corrected chi connectivity index (χ4v) is 3.78. The Balaban J connectivity index is 1.64. The van der Waals surface area contributed by atoms with Crippen LogP contribution in [0, 0.1) is 0 Å². The number of fused-ring (bicyclic) bond motifs is 1. The van der Waals surface area contributed by atoms with Crippen molar-refractivity contribution in [3.63, 3.8) is 0 Å². The first-order chi connectivity index (χ1) is 15.8. The van der Waals surface area contributed by atoms with Gasteiger partial charge in [-0.15, -0.1) is 0 Å². The van der Waals surface area contributed by atoms with Crippen LogP contribution in [0.25, 0.3) is 10.9 Å². The number of para-hydroxylation sites is 1. The Morgan fingerprint density at radius 2 is 1.52 bits per heavy atom. The monoisotopic (exact) mass is 544 g/mol. The van der Waals surface area contributed by atoms with E-state index in [0.29, 0.717) is 27.3 Å². The SMILES string of the molecule is O=C(Nc1ccccc1)C(=O)Nn1c(C(=O)Nc2ccc(Cl)c(Cl)c2)cc2cc(Br)ccc21. The normalized spacial score (nSPS) is 10.6. The van der Waals surface area contributed by atoms with Gasteiger partial charge in [0.2, 0.25) is 0 Å². The summed E-state index contributed by atoms with van der Waals surface area (Å²) in [7, 11) is 0. The minimum atomic E-state index is -0.942. The molecule has 0 saturated heterocycles. The Morgan fingerprint density at radius 1 is 0.758 bits per heavy atom. The lowest BCUT2D eigenvalue weighted by Gasteiger charge is -2.13. The Hall–Kier alpha value is -3.33. The van der Waals surface area contributed by atoms with E-state index in [4.69, 9.17) is 23.2 Å². The number of carbonyl (C=O) groups is 3. The number of nitrogens with one attached hydrogen (secondary N) is 3. The zero-order chi connectivity index (χ0) is 23.5. The standard InChI is InChI=1S/C23H15BrCl2N4O3/c24-14-6-9-19-13(10-14)11-20(21(31)28-16-7-8-17(25)18(26)12-16)30(19)29-23(33)22(32)27-15-4-2-1-3-5-15/h1-12H,(H,27,32)(H,28,31)(H,29,33). The third-order valence-corrected chi connectivity index (χ3v) is 5.86. The molecule has 0 aliphatic carbocycles. The molecule has 1 aromatic heterocycles. The van der Waals surface area contributed by atoms with Crippen molar-refractivity contribution in [3.8, 4) is 0 Å². The fourth-order valence-electron chi connectivity index (χ4n) is 3.10. The number of benzene rings is 3. The van der Waals surface area contributed by atoms with Crippen LogP contribution >= 0.6 is 39.1 Å². The maximum atomic E-state index is 13.1. The first-order valence-corrected chi connectivity index (χ1v) is 11.1. The molecule has 0 spiro atoms. The van der Waals surface area contributed by atoms with Gasteiger partial charge in [-0.2, -0.15) is 0 Å². The molecule has 166 valence electrons. The second kappa shape index (κ2) is 9.66. The molecule has 4 aromatic rings. The van der Waals surface area contributed by atoms with Crippen molar-refractivity contribution in [2.45, 2.75) is 0 Å². The van der Waals surface area contributed by atoms with Gasteiger partial charge in [0.1, 0.15) is 5.69 Å². The highest BCUT2D eigenvalue weighted by Crippen LogP contribution is 2.27. The summed E-state index contributed by atoms with van der Waals surface area (Å²) in [5, 5.41) is 6.54. The molecular weight excluding hydrogens is 531 g/mol. The van der Waals surface area contributed by atoms with Crippen LogP contribution in [0.5, 0.6) is 0 Å². The molecule has 10 heteroatoms. The molecule has 3 N–H and O–H groups in total. The number of aromatic nitrogens is 1. The van der Waals surface area contributed by atoms with Gasteiger partial charge in [0.25, 0.3) is 5.91 Å². The second-order valence-electron chi connectivity index (χ2n) is 6.91. The first kappa shape index (κ1) is 22.8. The molecule has 1 heterocycles. The lowest BCUT2D eigenvalue weighted by molar-refractivity contribution is -0.133. The van der Waals surface area contributed by atoms with Crippen molar-refractivity contribution >= 4 is 79.1 Å². The van der Waals surface area contributed by atoms with Gasteiger partial charge >= 0.3 is 11.8 Å². The maximum absolute atomic E-state index is 13.1. The van der Waals surface area contributed by atoms with Gasteiger partial charge in [-0.05, 0) is 54.6 Å². The molecule has 33 heavy (non-hydrogen) atoms. The fraction of sp³-hybridized carbons (Fsp3) is 0. The van der Waals surface area contributed by atoms with Crippen LogP contribution < -0.4 is 16.1 Å². The number of hydrogen-bond acceptors (Lipinski definition) is 3. The molecular formula is C23H15BrCl2N4O3. The summed E-state index contributed by atoms with van der Waals surface area (Å²) in [6.07, 6.45) is 0. The summed E-state index contributed by atoms with van der Waals surface area (Å²) in [5.41, 5.74) is 4.02. The van der Waals surface area contributed by atoms with Crippen molar-refractivity contribution < 1.29 is 14.4 Å². The number of hydrogen-bond donors (Lipinski definition) is 3. The van der Waals surface area contributed by atoms with Crippen molar-refractivity contribution in [1.82, 2.24) is 4.68 Å². The second-order valence-corrected chi connectivity index (χ2v) is 8.64. The Kier molecular flexibility index (Phi) is 6.69. The van der Waals surface area contributed by atoms with Crippen molar-refractivity contribution in [3.05, 3.63) is 93.0 Å². The summed E-state index contributed by atoms with van der Waals surface area (Å²) in [6, 6.07) is 20.1. The number of amides is 3. The van der Waals surface area contributed by atoms with Crippen LogP contribution in [0.15, 0.2) is 77.3 Å². The van der Waals surface area contributed by atoms with E-state index < -0.39 is 17.7 Å². The molecule has 0 fully saturated rings. The Morgan fingerprint density at radius 3 is 2.24 bits per heavy atom. The number of carbonyl (C=O) groups excluding carboxylic acids is 3. The minimum absolute atomic E-state index is 0.107. The highest BCUT2D eigenvalue weighted by atomic mass is 79.9. The summed E-state index contributed by atoms with van der Waals surface area (Å²) < 4.78 is 2.05. The van der Waals surface area contributed by atoms with Gasteiger partial charge < -0.3 is 10.6 Å². The summed E-state index contributed by atoms with van der Waals surface area (Å²) in [6.45, 7) is 0.